The molecular formula is C9H15N3. The molecule has 12 heavy (non-hydrogen) atoms. The normalized spacial score (nSPS) is 9.67. The minimum absolute atomic E-state index is 0.946. The molecule has 3 heteroatoms. The molecule has 0 aliphatic rings. The first-order valence-electron chi connectivity index (χ1n) is 3.97. The lowest BCUT2D eigenvalue weighted by molar-refractivity contribution is 1.09. The van der Waals surface area contributed by atoms with Crippen LogP contribution in [0.25, 0.3) is 0 Å². The highest BCUT2D eigenvalue weighted by Gasteiger charge is 2.04. The Hall–Kier alpha value is -1.25. The monoisotopic (exact) mass is 165 g/mol. The van der Waals surface area contributed by atoms with Gasteiger partial charge in [-0.15, -0.1) is 0 Å². The van der Waals surface area contributed by atoms with Crippen LogP contribution in [-0.2, 0) is 0 Å². The van der Waals surface area contributed by atoms with Crippen LogP contribution >= 0.6 is 0 Å². The maximum absolute atomic E-state index is 4.20. The molecule has 0 unspecified atom stereocenters. The Morgan fingerprint density at radius 1 is 1.42 bits per heavy atom. The van der Waals surface area contributed by atoms with E-state index in [4.69, 9.17) is 0 Å². The van der Waals surface area contributed by atoms with Gasteiger partial charge in [-0.1, -0.05) is 0 Å². The number of nitrogens with zero attached hydrogens (tertiary/aromatic N) is 2. The summed E-state index contributed by atoms with van der Waals surface area (Å²) in [7, 11) is 5.94. The molecule has 0 aliphatic heterocycles. The fraction of sp³-hybridized carbons (Fsp3) is 0.444. The van der Waals surface area contributed by atoms with Gasteiger partial charge in [0.05, 0.1) is 0 Å². The van der Waals surface area contributed by atoms with E-state index in [9.17, 15) is 0 Å². The van der Waals surface area contributed by atoms with E-state index in [-0.39, 0.29) is 0 Å². The zero-order valence-corrected chi connectivity index (χ0v) is 8.05. The van der Waals surface area contributed by atoms with Crippen molar-refractivity contribution >= 4 is 11.5 Å². The smallest absolute Gasteiger partial charge is 0.130 e. The topological polar surface area (TPSA) is 28.2 Å². The molecule has 66 valence electrons. The number of rotatable bonds is 2. The zero-order valence-electron chi connectivity index (χ0n) is 8.05. The molecule has 1 rings (SSSR count). The van der Waals surface area contributed by atoms with Gasteiger partial charge in [0.15, 0.2) is 0 Å². The number of aromatic nitrogens is 1. The van der Waals surface area contributed by atoms with Crippen molar-refractivity contribution in [2.24, 2.45) is 0 Å². The van der Waals surface area contributed by atoms with Gasteiger partial charge in [-0.2, -0.15) is 0 Å². The molecule has 0 saturated carbocycles. The lowest BCUT2D eigenvalue weighted by Gasteiger charge is -2.16. The van der Waals surface area contributed by atoms with E-state index in [1.165, 1.54) is 11.3 Å². The van der Waals surface area contributed by atoms with Crippen LogP contribution in [-0.4, -0.2) is 26.1 Å². The lowest BCUT2D eigenvalue weighted by atomic mass is 10.2. The van der Waals surface area contributed by atoms with Gasteiger partial charge in [0.2, 0.25) is 0 Å². The van der Waals surface area contributed by atoms with Gasteiger partial charge in [-0.25, -0.2) is 4.98 Å². The summed E-state index contributed by atoms with van der Waals surface area (Å²) in [6.45, 7) is 2.06. The molecule has 0 atom stereocenters. The Labute approximate surface area is 73.4 Å². The van der Waals surface area contributed by atoms with Crippen molar-refractivity contribution < 1.29 is 0 Å². The van der Waals surface area contributed by atoms with Gasteiger partial charge in [0, 0.05) is 38.6 Å². The third kappa shape index (κ3) is 1.49. The lowest BCUT2D eigenvalue weighted by Crippen LogP contribution is -2.11. The summed E-state index contributed by atoms with van der Waals surface area (Å²) < 4.78 is 0. The van der Waals surface area contributed by atoms with Gasteiger partial charge in [0.1, 0.15) is 5.82 Å². The van der Waals surface area contributed by atoms with Crippen LogP contribution < -0.4 is 10.2 Å². The van der Waals surface area contributed by atoms with E-state index in [0.29, 0.717) is 0 Å². The number of anilines is 2. The van der Waals surface area contributed by atoms with Crippen LogP contribution in [0.2, 0.25) is 0 Å². The van der Waals surface area contributed by atoms with Gasteiger partial charge >= 0.3 is 0 Å². The van der Waals surface area contributed by atoms with Gasteiger partial charge in [-0.3, -0.25) is 0 Å². The molecule has 0 amide bonds. The van der Waals surface area contributed by atoms with E-state index < -0.39 is 0 Å². The fourth-order valence-corrected chi connectivity index (χ4v) is 1.26. The van der Waals surface area contributed by atoms with Crippen LogP contribution in [0, 0.1) is 6.92 Å². The van der Waals surface area contributed by atoms with Crippen molar-refractivity contribution in [1.82, 2.24) is 4.98 Å². The van der Waals surface area contributed by atoms with Crippen LogP contribution in [0.15, 0.2) is 12.3 Å². The Bertz CT molecular complexity index is 268. The van der Waals surface area contributed by atoms with Crippen LogP contribution in [0.3, 0.4) is 0 Å². The Kier molecular flexibility index (Phi) is 2.53. The molecule has 1 heterocycles. The van der Waals surface area contributed by atoms with E-state index in [2.05, 4.69) is 22.1 Å². The second-order valence-electron chi connectivity index (χ2n) is 2.95. The summed E-state index contributed by atoms with van der Waals surface area (Å²) in [5.74, 6) is 0.946. The van der Waals surface area contributed by atoms with Gasteiger partial charge < -0.3 is 10.2 Å². The van der Waals surface area contributed by atoms with Crippen molar-refractivity contribution in [3.63, 3.8) is 0 Å². The minimum atomic E-state index is 0.946. The van der Waals surface area contributed by atoms with Gasteiger partial charge in [0.25, 0.3) is 0 Å². The first-order valence-corrected chi connectivity index (χ1v) is 3.97. The largest absolute Gasteiger partial charge is 0.377 e. The van der Waals surface area contributed by atoms with Gasteiger partial charge in [-0.05, 0) is 13.0 Å². The second-order valence-corrected chi connectivity index (χ2v) is 2.95. The third-order valence-electron chi connectivity index (χ3n) is 1.89. The second kappa shape index (κ2) is 3.43. The standard InChI is InChI=1S/C9H15N3/c1-7-8(12(3)4)5-6-11-9(7)10-2/h5-6H,1-4H3,(H,10,11). The average molecular weight is 165 g/mol. The summed E-state index contributed by atoms with van der Waals surface area (Å²) in [5, 5.41) is 3.05. The van der Waals surface area contributed by atoms with E-state index in [1.54, 1.807) is 0 Å². The van der Waals surface area contributed by atoms with E-state index in [0.717, 1.165) is 5.82 Å². The summed E-state index contributed by atoms with van der Waals surface area (Å²) >= 11 is 0. The van der Waals surface area contributed by atoms with E-state index in [1.807, 2.05) is 33.4 Å². The Morgan fingerprint density at radius 2 is 2.08 bits per heavy atom. The quantitative estimate of drug-likeness (QED) is 0.719. The molecule has 1 N–H and O–H groups in total. The van der Waals surface area contributed by atoms with Crippen molar-refractivity contribution in [2.45, 2.75) is 6.92 Å². The number of pyridine rings is 1. The number of hydrogen-bond acceptors (Lipinski definition) is 3. The molecule has 0 fully saturated rings. The molecule has 1 aromatic heterocycles. The predicted octanol–water partition coefficient (Wildman–Crippen LogP) is 1.50. The Morgan fingerprint density at radius 3 is 2.58 bits per heavy atom. The molecule has 0 aliphatic carbocycles. The van der Waals surface area contributed by atoms with Crippen molar-refractivity contribution in [1.29, 1.82) is 0 Å². The fourth-order valence-electron chi connectivity index (χ4n) is 1.26. The SMILES string of the molecule is CNc1nccc(N(C)C)c1C. The molecule has 0 spiro atoms. The maximum Gasteiger partial charge on any atom is 0.130 e. The van der Waals surface area contributed by atoms with E-state index >= 15 is 0 Å². The predicted molar refractivity (Wildman–Crippen MR) is 52.8 cm³/mol. The van der Waals surface area contributed by atoms with Crippen molar-refractivity contribution in [3.8, 4) is 0 Å². The summed E-state index contributed by atoms with van der Waals surface area (Å²) in [5.41, 5.74) is 2.39. The molecular weight excluding hydrogens is 150 g/mol. The van der Waals surface area contributed by atoms with Crippen LogP contribution in [0.1, 0.15) is 5.56 Å². The maximum atomic E-state index is 4.20. The molecule has 0 aromatic carbocycles. The number of hydrogen-bond donors (Lipinski definition) is 1. The highest BCUT2D eigenvalue weighted by molar-refractivity contribution is 5.61. The summed E-state index contributed by atoms with van der Waals surface area (Å²) in [4.78, 5) is 6.28. The third-order valence-corrected chi connectivity index (χ3v) is 1.89. The first-order chi connectivity index (χ1) is 5.66. The summed E-state index contributed by atoms with van der Waals surface area (Å²) in [6, 6.07) is 2.01. The zero-order chi connectivity index (χ0) is 9.14. The molecule has 0 saturated heterocycles. The van der Waals surface area contributed by atoms with Crippen LogP contribution in [0.5, 0.6) is 0 Å². The van der Waals surface area contributed by atoms with Crippen molar-refractivity contribution in [2.75, 3.05) is 31.4 Å². The Balaban J connectivity index is 3.14. The summed E-state index contributed by atoms with van der Waals surface area (Å²) in [6.07, 6.45) is 1.81. The highest BCUT2D eigenvalue weighted by Crippen LogP contribution is 2.21. The van der Waals surface area contributed by atoms with Crippen LogP contribution in [0.4, 0.5) is 11.5 Å². The molecule has 0 bridgehead atoms. The molecule has 3 nitrogen and oxygen atoms in total. The molecule has 0 radical (unpaired) electrons. The average Bonchev–Trinajstić information content (AvgIpc) is 2.04. The molecule has 1 aromatic rings. The minimum Gasteiger partial charge on any atom is -0.377 e. The highest BCUT2D eigenvalue weighted by atomic mass is 15.1. The first kappa shape index (κ1) is 8.84. The van der Waals surface area contributed by atoms with Crippen molar-refractivity contribution in [3.05, 3.63) is 17.8 Å². The number of nitrogens with one attached hydrogen (secondary N) is 1.